The van der Waals surface area contributed by atoms with E-state index in [-0.39, 0.29) is 11.7 Å². The van der Waals surface area contributed by atoms with Gasteiger partial charge < -0.3 is 14.7 Å². The molecule has 2 aromatic carbocycles. The Kier molecular flexibility index (Phi) is 6.51. The number of aliphatic hydroxyl groups is 1. The number of halogens is 1. The fourth-order valence-corrected chi connectivity index (χ4v) is 4.69. The van der Waals surface area contributed by atoms with E-state index >= 15 is 0 Å². The number of hydrogen-bond donors (Lipinski definition) is 2. The Bertz CT molecular complexity index is 1080. The second-order valence-electron chi connectivity index (χ2n) is 8.66. The topological polar surface area (TPSA) is 72.2 Å². The summed E-state index contributed by atoms with van der Waals surface area (Å²) in [7, 11) is 3.62. The van der Waals surface area contributed by atoms with Crippen molar-refractivity contribution in [3.63, 3.8) is 0 Å². The minimum atomic E-state index is -1.36. The fraction of sp³-hybridized carbons (Fsp3) is 0.385. The van der Waals surface area contributed by atoms with Gasteiger partial charge in [-0.25, -0.2) is 4.39 Å². The van der Waals surface area contributed by atoms with Crippen LogP contribution in [-0.4, -0.2) is 54.3 Å². The maximum absolute atomic E-state index is 13.4. The van der Waals surface area contributed by atoms with E-state index in [0.29, 0.717) is 24.4 Å². The number of rotatable bonds is 6. The highest BCUT2D eigenvalue weighted by molar-refractivity contribution is 6.01. The van der Waals surface area contributed by atoms with Crippen LogP contribution in [0.4, 0.5) is 4.39 Å². The first-order valence-electron chi connectivity index (χ1n) is 11.3. The monoisotopic (exact) mass is 450 g/mol. The molecule has 2 aliphatic rings. The number of likely N-dealkylation sites (tertiary alicyclic amines) is 1. The van der Waals surface area contributed by atoms with Crippen molar-refractivity contribution < 1.29 is 14.2 Å². The first kappa shape index (κ1) is 23.0. The van der Waals surface area contributed by atoms with Crippen LogP contribution < -0.4 is 4.74 Å². The molecule has 0 bridgehead atoms. The highest BCUT2D eigenvalue weighted by Crippen LogP contribution is 2.36. The lowest BCUT2D eigenvalue weighted by atomic mass is 9.92. The smallest absolute Gasteiger partial charge is 0.165 e. The molecule has 2 heterocycles. The molecule has 0 aliphatic carbocycles. The Morgan fingerprint density at radius 2 is 2.03 bits per heavy atom. The van der Waals surface area contributed by atoms with Crippen LogP contribution in [0.15, 0.2) is 53.1 Å². The lowest BCUT2D eigenvalue weighted by Crippen LogP contribution is -2.51. The van der Waals surface area contributed by atoms with Gasteiger partial charge in [-0.15, -0.1) is 0 Å². The van der Waals surface area contributed by atoms with E-state index in [1.54, 1.807) is 24.1 Å². The van der Waals surface area contributed by atoms with Crippen LogP contribution in [0, 0.1) is 11.2 Å². The van der Waals surface area contributed by atoms with Crippen LogP contribution in [-0.2, 0) is 5.72 Å². The third kappa shape index (κ3) is 4.50. The molecular formula is C26H31FN4O2. The summed E-state index contributed by atoms with van der Waals surface area (Å²) in [4.78, 5) is 1.73. The van der Waals surface area contributed by atoms with Gasteiger partial charge in [-0.3, -0.25) is 10.4 Å². The number of benzene rings is 2. The molecular weight excluding hydrogens is 419 g/mol. The molecule has 6 nitrogen and oxygen atoms in total. The summed E-state index contributed by atoms with van der Waals surface area (Å²) in [5, 5.41) is 26.6. The molecule has 174 valence electrons. The SMILES string of the molecule is CCC(O)(c1ccc(F)cc1)N1CCC/C(=C\c2ccc(C3C=NN(C)C3)c(OC)c2)C1=N. The fourth-order valence-electron chi connectivity index (χ4n) is 4.69. The van der Waals surface area contributed by atoms with Crippen LogP contribution in [0.1, 0.15) is 48.8 Å². The molecule has 2 unspecified atom stereocenters. The van der Waals surface area contributed by atoms with Gasteiger partial charge in [-0.05, 0) is 54.7 Å². The van der Waals surface area contributed by atoms with Gasteiger partial charge in [0.25, 0.3) is 0 Å². The lowest BCUT2D eigenvalue weighted by Gasteiger charge is -2.44. The number of amidine groups is 1. The van der Waals surface area contributed by atoms with Crippen LogP contribution in [0.25, 0.3) is 6.08 Å². The predicted molar refractivity (Wildman–Crippen MR) is 129 cm³/mol. The van der Waals surface area contributed by atoms with E-state index in [4.69, 9.17) is 10.1 Å². The summed E-state index contributed by atoms with van der Waals surface area (Å²) < 4.78 is 19.1. The van der Waals surface area contributed by atoms with Crippen LogP contribution in [0.2, 0.25) is 0 Å². The zero-order valence-corrected chi connectivity index (χ0v) is 19.4. The summed E-state index contributed by atoms with van der Waals surface area (Å²) in [5.74, 6) is 0.930. The van der Waals surface area contributed by atoms with Gasteiger partial charge in [0.05, 0.1) is 7.11 Å². The molecule has 7 heteroatoms. The zero-order valence-electron chi connectivity index (χ0n) is 19.4. The predicted octanol–water partition coefficient (Wildman–Crippen LogP) is 4.56. The molecule has 0 amide bonds. The van der Waals surface area contributed by atoms with Crippen molar-refractivity contribution in [2.45, 2.75) is 37.8 Å². The lowest BCUT2D eigenvalue weighted by molar-refractivity contribution is -0.0826. The van der Waals surface area contributed by atoms with Gasteiger partial charge >= 0.3 is 0 Å². The first-order chi connectivity index (χ1) is 15.9. The Morgan fingerprint density at radius 1 is 1.27 bits per heavy atom. The van der Waals surface area contributed by atoms with Gasteiger partial charge in [0.1, 0.15) is 17.4 Å². The van der Waals surface area contributed by atoms with E-state index in [2.05, 4.69) is 11.2 Å². The maximum Gasteiger partial charge on any atom is 0.165 e. The number of piperidine rings is 1. The van der Waals surface area contributed by atoms with Crippen LogP contribution in [0.5, 0.6) is 5.75 Å². The van der Waals surface area contributed by atoms with E-state index in [9.17, 15) is 9.50 Å². The molecule has 4 rings (SSSR count). The van der Waals surface area contributed by atoms with Crippen molar-refractivity contribution in [1.82, 2.24) is 9.91 Å². The highest BCUT2D eigenvalue weighted by Gasteiger charge is 2.38. The molecule has 0 radical (unpaired) electrons. The van der Waals surface area contributed by atoms with Crippen LogP contribution in [0.3, 0.4) is 0 Å². The molecule has 2 atom stereocenters. The molecule has 2 aromatic rings. The Labute approximate surface area is 194 Å². The first-order valence-corrected chi connectivity index (χ1v) is 11.3. The summed E-state index contributed by atoms with van der Waals surface area (Å²) in [5.41, 5.74) is 2.12. The third-order valence-corrected chi connectivity index (χ3v) is 6.55. The average Bonchev–Trinajstić information content (AvgIpc) is 3.26. The normalized spacial score (nSPS) is 21.5. The molecule has 33 heavy (non-hydrogen) atoms. The summed E-state index contributed by atoms with van der Waals surface area (Å²) in [6.45, 7) is 3.26. The number of methoxy groups -OCH3 is 1. The number of hydrogen-bond acceptors (Lipinski definition) is 5. The van der Waals surface area contributed by atoms with E-state index in [1.165, 1.54) is 12.1 Å². The summed E-state index contributed by atoms with van der Waals surface area (Å²) in [6, 6.07) is 12.0. The van der Waals surface area contributed by atoms with Crippen molar-refractivity contribution in [2.24, 2.45) is 5.10 Å². The second kappa shape index (κ2) is 9.35. The largest absolute Gasteiger partial charge is 0.496 e. The van der Waals surface area contributed by atoms with E-state index in [1.807, 2.05) is 43.4 Å². The molecule has 0 spiro atoms. The molecule has 0 aromatic heterocycles. The van der Waals surface area contributed by atoms with Crippen molar-refractivity contribution in [2.75, 3.05) is 27.2 Å². The van der Waals surface area contributed by atoms with Gasteiger partial charge in [-0.1, -0.05) is 31.2 Å². The number of hydrazone groups is 1. The molecule has 2 N–H and O–H groups in total. The van der Waals surface area contributed by atoms with Crippen molar-refractivity contribution in [3.8, 4) is 5.75 Å². The quantitative estimate of drug-likeness (QED) is 0.677. The molecule has 0 saturated carbocycles. The Morgan fingerprint density at radius 3 is 2.67 bits per heavy atom. The highest BCUT2D eigenvalue weighted by atomic mass is 19.1. The number of nitrogens with one attached hydrogen (secondary N) is 1. The summed E-state index contributed by atoms with van der Waals surface area (Å²) >= 11 is 0. The number of likely N-dealkylation sites (N-methyl/N-ethyl adjacent to an activating group) is 1. The van der Waals surface area contributed by atoms with Gasteiger partial charge in [0, 0.05) is 43.4 Å². The van der Waals surface area contributed by atoms with E-state index < -0.39 is 5.72 Å². The van der Waals surface area contributed by atoms with Crippen molar-refractivity contribution in [1.29, 1.82) is 5.41 Å². The third-order valence-electron chi connectivity index (χ3n) is 6.55. The number of ether oxygens (including phenoxy) is 1. The van der Waals surface area contributed by atoms with Crippen LogP contribution >= 0.6 is 0 Å². The number of nitrogens with zero attached hydrogens (tertiary/aromatic N) is 3. The maximum atomic E-state index is 13.4. The van der Waals surface area contributed by atoms with Crippen molar-refractivity contribution >= 4 is 18.1 Å². The molecule has 1 fully saturated rings. The minimum Gasteiger partial charge on any atom is -0.496 e. The standard InChI is InChI=1S/C26H31FN4O2/c1-4-26(32,21-8-10-22(27)11-9-21)31-13-5-6-19(25(31)28)14-18-7-12-23(24(15-18)33-3)20-16-29-30(2)17-20/h7-12,14-16,20,28,32H,4-6,13,17H2,1-3H3/b19-14+,28-25?. The van der Waals surface area contributed by atoms with E-state index in [0.717, 1.165) is 41.8 Å². The van der Waals surface area contributed by atoms with Crippen molar-refractivity contribution in [3.05, 3.63) is 70.5 Å². The van der Waals surface area contributed by atoms with Gasteiger partial charge in [-0.2, -0.15) is 5.10 Å². The summed E-state index contributed by atoms with van der Waals surface area (Å²) in [6.07, 6.45) is 5.89. The Hall–Kier alpha value is -3.19. The Balaban J connectivity index is 1.61. The molecule has 1 saturated heterocycles. The molecule has 2 aliphatic heterocycles. The second-order valence-corrected chi connectivity index (χ2v) is 8.66. The van der Waals surface area contributed by atoms with Gasteiger partial charge in [0.15, 0.2) is 5.72 Å². The van der Waals surface area contributed by atoms with Gasteiger partial charge in [0.2, 0.25) is 0 Å². The minimum absolute atomic E-state index is 0.186. The average molecular weight is 451 g/mol. The zero-order chi connectivity index (χ0) is 23.6.